The monoisotopic (exact) mass is 250 g/mol. The predicted molar refractivity (Wildman–Crippen MR) is 65.3 cm³/mol. The van der Waals surface area contributed by atoms with E-state index < -0.39 is 18.4 Å². The molecule has 18 heavy (non-hydrogen) atoms. The highest BCUT2D eigenvalue weighted by molar-refractivity contribution is 5.96. The van der Waals surface area contributed by atoms with Gasteiger partial charge in [-0.15, -0.1) is 0 Å². The van der Waals surface area contributed by atoms with Gasteiger partial charge in [-0.2, -0.15) is 0 Å². The van der Waals surface area contributed by atoms with Gasteiger partial charge in [-0.1, -0.05) is 6.92 Å². The molecule has 6 heteroatoms. The molecule has 0 heterocycles. The van der Waals surface area contributed by atoms with Crippen LogP contribution in [0.3, 0.4) is 0 Å². The number of carbonyl (C=O) groups excluding carboxylic acids is 2. The Bertz CT molecular complexity index is 454. The molecule has 0 bridgehead atoms. The van der Waals surface area contributed by atoms with E-state index in [9.17, 15) is 14.4 Å². The summed E-state index contributed by atoms with van der Waals surface area (Å²) in [5.41, 5.74) is 0.933. The molecule has 0 spiro atoms. The summed E-state index contributed by atoms with van der Waals surface area (Å²) >= 11 is 0. The lowest BCUT2D eigenvalue weighted by Gasteiger charge is -2.05. The molecule has 0 unspecified atom stereocenters. The van der Waals surface area contributed by atoms with E-state index in [2.05, 4.69) is 10.6 Å². The first kappa shape index (κ1) is 13.7. The molecule has 96 valence electrons. The third-order valence-corrected chi connectivity index (χ3v) is 2.15. The highest BCUT2D eigenvalue weighted by Gasteiger charge is 2.07. The number of hydrogen-bond acceptors (Lipinski definition) is 3. The van der Waals surface area contributed by atoms with Gasteiger partial charge >= 0.3 is 5.97 Å². The Labute approximate surface area is 104 Å². The Morgan fingerprint density at radius 1 is 1.17 bits per heavy atom. The summed E-state index contributed by atoms with van der Waals surface area (Å²) in [5.74, 6) is -1.68. The van der Waals surface area contributed by atoms with E-state index in [4.69, 9.17) is 5.11 Å². The van der Waals surface area contributed by atoms with Crippen molar-refractivity contribution in [2.45, 2.75) is 13.3 Å². The van der Waals surface area contributed by atoms with Crippen LogP contribution in [0.4, 0.5) is 5.69 Å². The lowest BCUT2D eigenvalue weighted by molar-refractivity contribution is -0.135. The Balaban J connectivity index is 2.62. The van der Waals surface area contributed by atoms with Crippen molar-refractivity contribution >= 4 is 23.5 Å². The van der Waals surface area contributed by atoms with Crippen LogP contribution in [0.1, 0.15) is 23.7 Å². The highest BCUT2D eigenvalue weighted by Crippen LogP contribution is 2.09. The van der Waals surface area contributed by atoms with Crippen molar-refractivity contribution in [2.75, 3.05) is 11.9 Å². The van der Waals surface area contributed by atoms with Crippen LogP contribution in [0.15, 0.2) is 24.3 Å². The zero-order valence-corrected chi connectivity index (χ0v) is 9.90. The van der Waals surface area contributed by atoms with E-state index in [1.165, 1.54) is 12.1 Å². The molecule has 0 aliphatic carbocycles. The maximum absolute atomic E-state index is 11.5. The van der Waals surface area contributed by atoms with Crippen molar-refractivity contribution in [3.05, 3.63) is 29.8 Å². The van der Waals surface area contributed by atoms with Crippen molar-refractivity contribution in [3.63, 3.8) is 0 Å². The molecule has 0 aliphatic rings. The average molecular weight is 250 g/mol. The second kappa shape index (κ2) is 6.39. The molecule has 1 aromatic rings. The normalized spacial score (nSPS) is 9.61. The third-order valence-electron chi connectivity index (χ3n) is 2.15. The minimum absolute atomic E-state index is 0.113. The van der Waals surface area contributed by atoms with Crippen LogP contribution in [0.2, 0.25) is 0 Å². The smallest absolute Gasteiger partial charge is 0.322 e. The summed E-state index contributed by atoms with van der Waals surface area (Å²) < 4.78 is 0. The molecule has 6 nitrogen and oxygen atoms in total. The van der Waals surface area contributed by atoms with Gasteiger partial charge in [-0.05, 0) is 24.3 Å². The summed E-state index contributed by atoms with van der Waals surface area (Å²) in [4.78, 5) is 32.9. The lowest BCUT2D eigenvalue weighted by atomic mass is 10.2. The van der Waals surface area contributed by atoms with Gasteiger partial charge in [0, 0.05) is 17.7 Å². The van der Waals surface area contributed by atoms with Gasteiger partial charge in [-0.3, -0.25) is 14.4 Å². The first-order valence-electron chi connectivity index (χ1n) is 5.43. The average Bonchev–Trinajstić information content (AvgIpc) is 2.36. The Kier molecular flexibility index (Phi) is 4.86. The molecule has 1 rings (SSSR count). The lowest BCUT2D eigenvalue weighted by Crippen LogP contribution is -2.29. The fourth-order valence-electron chi connectivity index (χ4n) is 1.21. The second-order valence-electron chi connectivity index (χ2n) is 3.56. The molecule has 0 aromatic heterocycles. The molecule has 2 amide bonds. The molecule has 0 fully saturated rings. The molecule has 0 atom stereocenters. The second-order valence-corrected chi connectivity index (χ2v) is 3.56. The molecular weight excluding hydrogens is 236 g/mol. The van der Waals surface area contributed by atoms with Gasteiger partial charge < -0.3 is 15.7 Å². The van der Waals surface area contributed by atoms with E-state index in [0.29, 0.717) is 17.7 Å². The van der Waals surface area contributed by atoms with E-state index in [0.717, 1.165) is 0 Å². The zero-order valence-electron chi connectivity index (χ0n) is 9.90. The largest absolute Gasteiger partial charge is 0.480 e. The quantitative estimate of drug-likeness (QED) is 0.721. The van der Waals surface area contributed by atoms with Crippen molar-refractivity contribution in [1.29, 1.82) is 0 Å². The van der Waals surface area contributed by atoms with Crippen molar-refractivity contribution in [3.8, 4) is 0 Å². The third kappa shape index (κ3) is 4.25. The van der Waals surface area contributed by atoms with E-state index in [1.807, 2.05) is 0 Å². The number of amides is 2. The summed E-state index contributed by atoms with van der Waals surface area (Å²) in [6.07, 6.45) is 0.376. The number of nitrogens with one attached hydrogen (secondary N) is 2. The molecule has 1 aromatic carbocycles. The number of carbonyl (C=O) groups is 3. The fraction of sp³-hybridized carbons (Fsp3) is 0.250. The number of anilines is 1. The first-order valence-corrected chi connectivity index (χ1v) is 5.43. The molecule has 3 N–H and O–H groups in total. The van der Waals surface area contributed by atoms with Gasteiger partial charge in [0.1, 0.15) is 6.54 Å². The van der Waals surface area contributed by atoms with Crippen LogP contribution in [0.25, 0.3) is 0 Å². The summed E-state index contributed by atoms with van der Waals surface area (Å²) in [5, 5.41) is 13.3. The maximum Gasteiger partial charge on any atom is 0.322 e. The standard InChI is InChI=1S/C12H14N2O4/c1-2-10(15)14-9-5-3-8(4-6-9)12(18)13-7-11(16)17/h3-6H,2,7H2,1H3,(H,13,18)(H,14,15)(H,16,17). The molecular formula is C12H14N2O4. The minimum atomic E-state index is -1.10. The number of aliphatic carboxylic acids is 1. The molecule has 0 aliphatic heterocycles. The topological polar surface area (TPSA) is 95.5 Å². The van der Waals surface area contributed by atoms with Crippen LogP contribution in [-0.4, -0.2) is 29.4 Å². The SMILES string of the molecule is CCC(=O)Nc1ccc(C(=O)NCC(=O)O)cc1. The van der Waals surface area contributed by atoms with Gasteiger partial charge in [0.15, 0.2) is 0 Å². The van der Waals surface area contributed by atoms with Gasteiger partial charge in [0.2, 0.25) is 5.91 Å². The van der Waals surface area contributed by atoms with E-state index in [1.54, 1.807) is 19.1 Å². The van der Waals surface area contributed by atoms with Crippen molar-refractivity contribution in [1.82, 2.24) is 5.32 Å². The Morgan fingerprint density at radius 3 is 2.28 bits per heavy atom. The summed E-state index contributed by atoms with van der Waals surface area (Å²) in [6.45, 7) is 1.32. The number of carboxylic acids is 1. The maximum atomic E-state index is 11.5. The summed E-state index contributed by atoms with van der Waals surface area (Å²) in [6, 6.07) is 6.21. The van der Waals surface area contributed by atoms with Crippen LogP contribution in [0, 0.1) is 0 Å². The number of carboxylic acid groups (broad SMARTS) is 1. The minimum Gasteiger partial charge on any atom is -0.480 e. The van der Waals surface area contributed by atoms with Gasteiger partial charge in [-0.25, -0.2) is 0 Å². The van der Waals surface area contributed by atoms with Crippen LogP contribution in [-0.2, 0) is 9.59 Å². The molecule has 0 radical (unpaired) electrons. The van der Waals surface area contributed by atoms with Crippen LogP contribution < -0.4 is 10.6 Å². The Hall–Kier alpha value is -2.37. The Morgan fingerprint density at radius 2 is 1.78 bits per heavy atom. The van der Waals surface area contributed by atoms with Gasteiger partial charge in [0.25, 0.3) is 5.91 Å². The highest BCUT2D eigenvalue weighted by atomic mass is 16.4. The number of benzene rings is 1. The fourth-order valence-corrected chi connectivity index (χ4v) is 1.21. The van der Waals surface area contributed by atoms with E-state index >= 15 is 0 Å². The zero-order chi connectivity index (χ0) is 13.5. The number of rotatable bonds is 5. The first-order chi connectivity index (χ1) is 8.52. The van der Waals surface area contributed by atoms with Crippen LogP contribution in [0.5, 0.6) is 0 Å². The van der Waals surface area contributed by atoms with E-state index in [-0.39, 0.29) is 5.91 Å². The van der Waals surface area contributed by atoms with Crippen molar-refractivity contribution < 1.29 is 19.5 Å². The van der Waals surface area contributed by atoms with Crippen molar-refractivity contribution in [2.24, 2.45) is 0 Å². The van der Waals surface area contributed by atoms with Crippen LogP contribution >= 0.6 is 0 Å². The predicted octanol–water partition coefficient (Wildman–Crippen LogP) is 0.849. The number of hydrogen-bond donors (Lipinski definition) is 3. The molecule has 0 saturated heterocycles. The van der Waals surface area contributed by atoms with Gasteiger partial charge in [0.05, 0.1) is 0 Å². The summed E-state index contributed by atoms with van der Waals surface area (Å²) in [7, 11) is 0. The molecule has 0 saturated carbocycles.